The fourth-order valence-electron chi connectivity index (χ4n) is 3.69. The molecule has 1 atom stereocenters. The Labute approximate surface area is 176 Å². The fourth-order valence-corrected chi connectivity index (χ4v) is 3.69. The Morgan fingerprint density at radius 3 is 2.34 bits per heavy atom. The lowest BCUT2D eigenvalue weighted by molar-refractivity contribution is -0.131. The average molecular weight is 402 g/mol. The minimum absolute atomic E-state index is 0.00804. The molecule has 0 aliphatic heterocycles. The third-order valence-electron chi connectivity index (χ3n) is 5.24. The van der Waals surface area contributed by atoms with E-state index in [0.29, 0.717) is 12.3 Å². The number of carbonyl (C=O) groups is 1. The van der Waals surface area contributed by atoms with Gasteiger partial charge >= 0.3 is 5.97 Å². The van der Waals surface area contributed by atoms with Gasteiger partial charge in [-0.2, -0.15) is 0 Å². The first-order valence-electron chi connectivity index (χ1n) is 11.0. The van der Waals surface area contributed by atoms with Gasteiger partial charge in [0.05, 0.1) is 6.54 Å². The zero-order chi connectivity index (χ0) is 21.3. The molecule has 0 aliphatic rings. The normalized spacial score (nSPS) is 12.5. The van der Waals surface area contributed by atoms with Crippen LogP contribution in [0.2, 0.25) is 0 Å². The van der Waals surface area contributed by atoms with Gasteiger partial charge in [0, 0.05) is 6.08 Å². The van der Waals surface area contributed by atoms with E-state index in [0.717, 1.165) is 24.8 Å². The minimum Gasteiger partial charge on any atom is -0.478 e. The molecule has 0 saturated heterocycles. The van der Waals surface area contributed by atoms with E-state index in [1.54, 1.807) is 0 Å². The molecule has 0 aliphatic carbocycles. The second kappa shape index (κ2) is 15.6. The standard InChI is InChI=1S/C24H39N3O2/c1-2-3-4-5-6-8-12-21(17-20-13-9-7-10-14-20)15-11-16-22(18-23(28)29)19-27-24(25)26/h7,9-10,13-14,18,21H,2-6,8,11-12,15-17,19H2,1H3,(H,28,29)(H4,25,26,27). The number of unbranched alkanes of at least 4 members (excludes halogenated alkanes) is 5. The van der Waals surface area contributed by atoms with Crippen LogP contribution in [-0.4, -0.2) is 23.6 Å². The van der Waals surface area contributed by atoms with Crippen LogP contribution >= 0.6 is 0 Å². The molecule has 1 rings (SSSR count). The van der Waals surface area contributed by atoms with Crippen molar-refractivity contribution in [2.45, 2.75) is 77.6 Å². The molecule has 0 saturated carbocycles. The Morgan fingerprint density at radius 2 is 1.69 bits per heavy atom. The van der Waals surface area contributed by atoms with Crippen molar-refractivity contribution in [3.05, 3.63) is 47.5 Å². The molecule has 0 fully saturated rings. The van der Waals surface area contributed by atoms with Crippen LogP contribution in [0.3, 0.4) is 0 Å². The van der Waals surface area contributed by atoms with Gasteiger partial charge in [0.25, 0.3) is 0 Å². The first-order valence-corrected chi connectivity index (χ1v) is 11.0. The molecule has 162 valence electrons. The lowest BCUT2D eigenvalue weighted by Crippen LogP contribution is -2.23. The van der Waals surface area contributed by atoms with E-state index in [4.69, 9.17) is 16.6 Å². The number of rotatable bonds is 16. The Hall–Kier alpha value is -2.30. The molecule has 0 aromatic heterocycles. The predicted octanol–water partition coefficient (Wildman–Crippen LogP) is 5.05. The molecule has 1 unspecified atom stereocenters. The molecule has 0 bridgehead atoms. The highest BCUT2D eigenvalue weighted by Gasteiger charge is 2.11. The average Bonchev–Trinajstić information content (AvgIpc) is 2.68. The van der Waals surface area contributed by atoms with Crippen LogP contribution in [0.4, 0.5) is 0 Å². The number of nitrogens with two attached hydrogens (primary N) is 2. The Kier molecular flexibility index (Phi) is 13.3. The van der Waals surface area contributed by atoms with E-state index in [9.17, 15) is 4.79 Å². The van der Waals surface area contributed by atoms with Crippen LogP contribution in [0.25, 0.3) is 0 Å². The first kappa shape index (κ1) is 24.7. The summed E-state index contributed by atoms with van der Waals surface area (Å²) in [6, 6.07) is 10.6. The van der Waals surface area contributed by atoms with Crippen molar-refractivity contribution in [2.24, 2.45) is 22.4 Å². The van der Waals surface area contributed by atoms with Crippen LogP contribution in [0.5, 0.6) is 0 Å². The van der Waals surface area contributed by atoms with Gasteiger partial charge < -0.3 is 16.6 Å². The molecule has 0 heterocycles. The topological polar surface area (TPSA) is 102 Å². The number of hydrogen-bond donors (Lipinski definition) is 3. The van der Waals surface area contributed by atoms with Crippen molar-refractivity contribution in [2.75, 3.05) is 6.54 Å². The van der Waals surface area contributed by atoms with Crippen LogP contribution in [0.15, 0.2) is 47.0 Å². The molecule has 0 amide bonds. The lowest BCUT2D eigenvalue weighted by Gasteiger charge is -2.17. The summed E-state index contributed by atoms with van der Waals surface area (Å²) in [5, 5.41) is 9.07. The maximum absolute atomic E-state index is 11.1. The minimum atomic E-state index is -0.946. The van der Waals surface area contributed by atoms with Gasteiger partial charge in [-0.25, -0.2) is 9.79 Å². The van der Waals surface area contributed by atoms with Crippen LogP contribution < -0.4 is 11.5 Å². The Morgan fingerprint density at radius 1 is 1.03 bits per heavy atom. The zero-order valence-corrected chi connectivity index (χ0v) is 18.0. The van der Waals surface area contributed by atoms with Crippen molar-refractivity contribution < 1.29 is 9.90 Å². The maximum atomic E-state index is 11.1. The number of carboxylic acid groups (broad SMARTS) is 1. The van der Waals surface area contributed by atoms with Gasteiger partial charge in [0.1, 0.15) is 0 Å². The molecule has 5 heteroatoms. The van der Waals surface area contributed by atoms with Gasteiger partial charge in [0.2, 0.25) is 0 Å². The van der Waals surface area contributed by atoms with E-state index in [1.165, 1.54) is 56.6 Å². The number of aliphatic imine (C=N–C) groups is 1. The SMILES string of the molecule is CCCCCCCCC(CCCC(=CC(=O)O)CN=C(N)N)Cc1ccccc1. The summed E-state index contributed by atoms with van der Waals surface area (Å²) in [6.45, 7) is 2.51. The smallest absolute Gasteiger partial charge is 0.328 e. The zero-order valence-electron chi connectivity index (χ0n) is 18.0. The molecule has 1 aromatic carbocycles. The molecule has 29 heavy (non-hydrogen) atoms. The van der Waals surface area contributed by atoms with Gasteiger partial charge in [0.15, 0.2) is 5.96 Å². The second-order valence-electron chi connectivity index (χ2n) is 7.89. The summed E-state index contributed by atoms with van der Waals surface area (Å²) in [5.41, 5.74) is 12.9. The van der Waals surface area contributed by atoms with E-state index in [-0.39, 0.29) is 12.5 Å². The van der Waals surface area contributed by atoms with Crippen molar-refractivity contribution in [1.82, 2.24) is 0 Å². The summed E-state index contributed by atoms with van der Waals surface area (Å²) in [5.74, 6) is -0.331. The van der Waals surface area contributed by atoms with Crippen molar-refractivity contribution >= 4 is 11.9 Å². The summed E-state index contributed by atoms with van der Waals surface area (Å²) in [7, 11) is 0. The highest BCUT2D eigenvalue weighted by Crippen LogP contribution is 2.23. The molecule has 0 radical (unpaired) electrons. The van der Waals surface area contributed by atoms with E-state index in [2.05, 4.69) is 42.2 Å². The summed E-state index contributed by atoms with van der Waals surface area (Å²) in [6.07, 6.45) is 14.2. The molecule has 0 spiro atoms. The number of carboxylic acids is 1. The van der Waals surface area contributed by atoms with E-state index < -0.39 is 5.97 Å². The Balaban J connectivity index is 2.55. The molecule has 5 nitrogen and oxygen atoms in total. The number of guanidine groups is 1. The number of aliphatic carboxylic acids is 1. The maximum Gasteiger partial charge on any atom is 0.328 e. The first-order chi connectivity index (χ1) is 14.0. The summed E-state index contributed by atoms with van der Waals surface area (Å²) >= 11 is 0. The van der Waals surface area contributed by atoms with Crippen molar-refractivity contribution in [3.63, 3.8) is 0 Å². The molecule has 5 N–H and O–H groups in total. The number of hydrogen-bond acceptors (Lipinski definition) is 2. The number of nitrogens with zero attached hydrogens (tertiary/aromatic N) is 1. The van der Waals surface area contributed by atoms with E-state index in [1.807, 2.05) is 0 Å². The Bertz CT molecular complexity index is 622. The lowest BCUT2D eigenvalue weighted by atomic mass is 9.88. The quantitative estimate of drug-likeness (QED) is 0.156. The van der Waals surface area contributed by atoms with Gasteiger partial charge in [-0.3, -0.25) is 0 Å². The van der Waals surface area contributed by atoms with Crippen LogP contribution in [-0.2, 0) is 11.2 Å². The summed E-state index contributed by atoms with van der Waals surface area (Å²) in [4.78, 5) is 15.0. The van der Waals surface area contributed by atoms with Gasteiger partial charge in [-0.15, -0.1) is 0 Å². The van der Waals surface area contributed by atoms with Gasteiger partial charge in [-0.1, -0.05) is 82.2 Å². The number of benzene rings is 1. The van der Waals surface area contributed by atoms with Crippen LogP contribution in [0.1, 0.15) is 76.7 Å². The fraction of sp³-hybridized carbons (Fsp3) is 0.583. The monoisotopic (exact) mass is 401 g/mol. The molecular formula is C24H39N3O2. The highest BCUT2D eigenvalue weighted by molar-refractivity contribution is 5.81. The third kappa shape index (κ3) is 13.5. The second-order valence-corrected chi connectivity index (χ2v) is 7.89. The van der Waals surface area contributed by atoms with Crippen LogP contribution in [0, 0.1) is 5.92 Å². The largest absolute Gasteiger partial charge is 0.478 e. The summed E-state index contributed by atoms with van der Waals surface area (Å²) < 4.78 is 0. The highest BCUT2D eigenvalue weighted by atomic mass is 16.4. The molecular weight excluding hydrogens is 362 g/mol. The molecule has 1 aromatic rings. The van der Waals surface area contributed by atoms with E-state index >= 15 is 0 Å². The van der Waals surface area contributed by atoms with Gasteiger partial charge in [-0.05, 0) is 42.7 Å². The predicted molar refractivity (Wildman–Crippen MR) is 122 cm³/mol. The third-order valence-corrected chi connectivity index (χ3v) is 5.24. The van der Waals surface area contributed by atoms with Crippen molar-refractivity contribution in [3.8, 4) is 0 Å². The van der Waals surface area contributed by atoms with Crippen molar-refractivity contribution in [1.29, 1.82) is 0 Å².